The Morgan fingerprint density at radius 1 is 1.38 bits per heavy atom. The van der Waals surface area contributed by atoms with Gasteiger partial charge in [0.15, 0.2) is 5.65 Å². The molecule has 1 fully saturated rings. The fourth-order valence-electron chi connectivity index (χ4n) is 3.07. The quantitative estimate of drug-likeness (QED) is 0.714. The van der Waals surface area contributed by atoms with Crippen LogP contribution in [0.2, 0.25) is 0 Å². The number of hydrogen-bond acceptors (Lipinski definition) is 6. The maximum Gasteiger partial charge on any atom is 0.173 e. The molecule has 124 valence electrons. The van der Waals surface area contributed by atoms with Crippen LogP contribution in [-0.4, -0.2) is 43.9 Å². The van der Waals surface area contributed by atoms with Crippen LogP contribution in [0.3, 0.4) is 0 Å². The first kappa shape index (κ1) is 15.3. The number of pyridine rings is 1. The van der Waals surface area contributed by atoms with Gasteiger partial charge in [-0.15, -0.1) is 0 Å². The van der Waals surface area contributed by atoms with E-state index in [1.807, 2.05) is 18.2 Å². The molecule has 4 rings (SSSR count). The number of halogens is 1. The molecule has 0 amide bonds. The highest BCUT2D eigenvalue weighted by molar-refractivity contribution is 9.10. The lowest BCUT2D eigenvalue weighted by Gasteiger charge is -2.25. The second-order valence-electron chi connectivity index (χ2n) is 5.77. The highest BCUT2D eigenvalue weighted by Gasteiger charge is 2.26. The number of nitrogens with zero attached hydrogens (tertiary/aromatic N) is 5. The summed E-state index contributed by atoms with van der Waals surface area (Å²) in [5, 5.41) is 17.3. The number of aliphatic hydroxyl groups is 1. The van der Waals surface area contributed by atoms with Crippen molar-refractivity contribution in [3.05, 3.63) is 41.3 Å². The second kappa shape index (κ2) is 6.37. The van der Waals surface area contributed by atoms with Crippen molar-refractivity contribution < 1.29 is 5.11 Å². The van der Waals surface area contributed by atoms with E-state index in [0.29, 0.717) is 0 Å². The van der Waals surface area contributed by atoms with Gasteiger partial charge in [-0.05, 0) is 40.9 Å². The summed E-state index contributed by atoms with van der Waals surface area (Å²) >= 11 is 3.51. The van der Waals surface area contributed by atoms with Gasteiger partial charge in [-0.2, -0.15) is 9.61 Å². The first-order valence-electron chi connectivity index (χ1n) is 7.85. The number of anilines is 3. The number of hydrogen-bond donors (Lipinski definition) is 2. The van der Waals surface area contributed by atoms with Gasteiger partial charge < -0.3 is 15.3 Å². The molecular weight excluding hydrogens is 372 g/mol. The van der Waals surface area contributed by atoms with Crippen LogP contribution < -0.4 is 10.2 Å². The molecule has 0 aromatic carbocycles. The van der Waals surface area contributed by atoms with E-state index in [1.54, 1.807) is 23.1 Å². The second-order valence-corrected chi connectivity index (χ2v) is 6.62. The van der Waals surface area contributed by atoms with Gasteiger partial charge in [-0.3, -0.25) is 4.98 Å². The molecular formula is C16H17BrN6O. The molecule has 0 radical (unpaired) electrons. The normalized spacial score (nSPS) is 17.6. The molecule has 1 aliphatic rings. The average Bonchev–Trinajstić information content (AvgIpc) is 3.23. The summed E-state index contributed by atoms with van der Waals surface area (Å²) in [6, 6.07) is 5.91. The summed E-state index contributed by atoms with van der Waals surface area (Å²) in [5.41, 5.74) is 1.62. The predicted octanol–water partition coefficient (Wildman–Crippen LogP) is 2.59. The van der Waals surface area contributed by atoms with Gasteiger partial charge >= 0.3 is 0 Å². The summed E-state index contributed by atoms with van der Waals surface area (Å²) in [4.78, 5) is 11.0. The molecule has 0 unspecified atom stereocenters. The SMILES string of the molecule is OC[C@@H]1CCCN1c1cc(Nc2cccnc2)n2ncc(Br)c2n1. The van der Waals surface area contributed by atoms with Crippen molar-refractivity contribution in [1.82, 2.24) is 19.6 Å². The van der Waals surface area contributed by atoms with E-state index in [1.165, 1.54) is 0 Å². The minimum Gasteiger partial charge on any atom is -0.394 e. The zero-order valence-electron chi connectivity index (χ0n) is 12.9. The molecule has 1 atom stereocenters. The molecule has 3 aromatic rings. The molecule has 0 aliphatic carbocycles. The van der Waals surface area contributed by atoms with Crippen molar-refractivity contribution in [1.29, 1.82) is 0 Å². The van der Waals surface area contributed by atoms with E-state index in [0.717, 1.165) is 46.8 Å². The number of nitrogens with one attached hydrogen (secondary N) is 1. The van der Waals surface area contributed by atoms with Gasteiger partial charge in [0.1, 0.15) is 11.6 Å². The van der Waals surface area contributed by atoms with Gasteiger partial charge in [0, 0.05) is 18.8 Å². The summed E-state index contributed by atoms with van der Waals surface area (Å²) < 4.78 is 2.59. The number of fused-ring (bicyclic) bond motifs is 1. The molecule has 2 N–H and O–H groups in total. The summed E-state index contributed by atoms with van der Waals surface area (Å²) in [7, 11) is 0. The molecule has 1 saturated heterocycles. The Bertz CT molecular complexity index is 852. The number of aromatic nitrogens is 4. The zero-order chi connectivity index (χ0) is 16.5. The van der Waals surface area contributed by atoms with Crippen molar-refractivity contribution in [3.8, 4) is 0 Å². The minimum atomic E-state index is 0.118. The largest absolute Gasteiger partial charge is 0.394 e. The van der Waals surface area contributed by atoms with Crippen molar-refractivity contribution >= 4 is 38.9 Å². The van der Waals surface area contributed by atoms with Crippen LogP contribution in [0.5, 0.6) is 0 Å². The Morgan fingerprint density at radius 2 is 2.29 bits per heavy atom. The van der Waals surface area contributed by atoms with Crippen LogP contribution >= 0.6 is 15.9 Å². The third-order valence-corrected chi connectivity index (χ3v) is 4.79. The third kappa shape index (κ3) is 2.71. The third-order valence-electron chi connectivity index (χ3n) is 4.23. The lowest BCUT2D eigenvalue weighted by molar-refractivity contribution is 0.266. The smallest absolute Gasteiger partial charge is 0.173 e. The Kier molecular flexibility index (Phi) is 4.07. The van der Waals surface area contributed by atoms with E-state index in [-0.39, 0.29) is 12.6 Å². The highest BCUT2D eigenvalue weighted by Crippen LogP contribution is 2.30. The lowest BCUT2D eigenvalue weighted by atomic mass is 10.2. The molecule has 0 bridgehead atoms. The molecule has 0 saturated carbocycles. The van der Waals surface area contributed by atoms with Gasteiger partial charge in [0.25, 0.3) is 0 Å². The number of rotatable bonds is 4. The Balaban J connectivity index is 1.80. The molecule has 24 heavy (non-hydrogen) atoms. The van der Waals surface area contributed by atoms with Gasteiger partial charge in [0.2, 0.25) is 0 Å². The predicted molar refractivity (Wildman–Crippen MR) is 95.7 cm³/mol. The molecule has 7 nitrogen and oxygen atoms in total. The van der Waals surface area contributed by atoms with E-state index in [2.05, 4.69) is 36.2 Å². The summed E-state index contributed by atoms with van der Waals surface area (Å²) in [6.07, 6.45) is 7.27. The average molecular weight is 389 g/mol. The summed E-state index contributed by atoms with van der Waals surface area (Å²) in [6.45, 7) is 1.03. The van der Waals surface area contributed by atoms with Crippen LogP contribution in [0.25, 0.3) is 5.65 Å². The van der Waals surface area contributed by atoms with Gasteiger partial charge in [-0.1, -0.05) is 0 Å². The van der Waals surface area contributed by atoms with E-state index in [4.69, 9.17) is 4.98 Å². The fraction of sp³-hybridized carbons (Fsp3) is 0.312. The molecule has 3 aromatic heterocycles. The van der Waals surface area contributed by atoms with Crippen LogP contribution in [0.15, 0.2) is 41.3 Å². The van der Waals surface area contributed by atoms with Crippen LogP contribution in [0, 0.1) is 0 Å². The van der Waals surface area contributed by atoms with E-state index < -0.39 is 0 Å². The van der Waals surface area contributed by atoms with Gasteiger partial charge in [-0.25, -0.2) is 4.98 Å². The van der Waals surface area contributed by atoms with E-state index >= 15 is 0 Å². The van der Waals surface area contributed by atoms with Crippen molar-refractivity contribution in [2.24, 2.45) is 0 Å². The monoisotopic (exact) mass is 388 g/mol. The van der Waals surface area contributed by atoms with Crippen molar-refractivity contribution in [2.45, 2.75) is 18.9 Å². The Labute approximate surface area is 147 Å². The standard InChI is InChI=1S/C16H17BrN6O/c17-13-9-19-23-15(20-11-3-1-5-18-8-11)7-14(21-16(13)23)22-6-2-4-12(22)10-24/h1,3,5,7-9,12,20,24H,2,4,6,10H2/t12-/m0/s1. The summed E-state index contributed by atoms with van der Waals surface area (Å²) in [5.74, 6) is 1.64. The van der Waals surface area contributed by atoms with Crippen molar-refractivity contribution in [2.75, 3.05) is 23.4 Å². The van der Waals surface area contributed by atoms with E-state index in [9.17, 15) is 5.11 Å². The van der Waals surface area contributed by atoms with Gasteiger partial charge in [0.05, 0.1) is 35.2 Å². The fourth-order valence-corrected chi connectivity index (χ4v) is 3.42. The topological polar surface area (TPSA) is 78.6 Å². The van der Waals surface area contributed by atoms with Crippen molar-refractivity contribution in [3.63, 3.8) is 0 Å². The van der Waals surface area contributed by atoms with Crippen LogP contribution in [0.4, 0.5) is 17.3 Å². The van der Waals surface area contributed by atoms with Crippen LogP contribution in [0.1, 0.15) is 12.8 Å². The molecule has 8 heteroatoms. The first-order valence-corrected chi connectivity index (χ1v) is 8.64. The maximum atomic E-state index is 9.61. The Morgan fingerprint density at radius 3 is 3.08 bits per heavy atom. The first-order chi connectivity index (χ1) is 11.8. The molecule has 1 aliphatic heterocycles. The zero-order valence-corrected chi connectivity index (χ0v) is 14.5. The molecule has 4 heterocycles. The number of aliphatic hydroxyl groups excluding tert-OH is 1. The molecule has 0 spiro atoms. The highest BCUT2D eigenvalue weighted by atomic mass is 79.9. The van der Waals surface area contributed by atoms with Crippen LogP contribution in [-0.2, 0) is 0 Å². The lowest BCUT2D eigenvalue weighted by Crippen LogP contribution is -2.32. The maximum absolute atomic E-state index is 9.61. The Hall–Kier alpha value is -2.19. The minimum absolute atomic E-state index is 0.118.